The third-order valence-corrected chi connectivity index (χ3v) is 5.11. The summed E-state index contributed by atoms with van der Waals surface area (Å²) in [6, 6.07) is 7.66. The monoisotopic (exact) mass is 358 g/mol. The number of fused-ring (bicyclic) bond motifs is 2. The third-order valence-electron chi connectivity index (χ3n) is 4.87. The molecule has 1 amide bonds. The van der Waals surface area contributed by atoms with Crippen molar-refractivity contribution in [3.8, 4) is 5.75 Å². The summed E-state index contributed by atoms with van der Waals surface area (Å²) in [6.07, 6.45) is 5.65. The number of halogens is 2. The molecule has 2 saturated carbocycles. The summed E-state index contributed by atoms with van der Waals surface area (Å²) in [4.78, 5) is 12.2. The molecule has 2 unspecified atom stereocenters. The van der Waals surface area contributed by atoms with E-state index < -0.39 is 0 Å². The molecular weight excluding hydrogens is 335 g/mol. The Labute approximate surface area is 148 Å². The summed E-state index contributed by atoms with van der Waals surface area (Å²) in [5, 5.41) is 3.78. The number of amides is 1. The molecule has 128 valence electrons. The summed E-state index contributed by atoms with van der Waals surface area (Å²) < 4.78 is 5.51. The molecule has 4 nitrogen and oxygen atoms in total. The van der Waals surface area contributed by atoms with E-state index in [9.17, 15) is 4.79 Å². The van der Waals surface area contributed by atoms with Gasteiger partial charge in [-0.1, -0.05) is 24.1 Å². The van der Waals surface area contributed by atoms with Crippen molar-refractivity contribution in [2.75, 3.05) is 6.61 Å². The van der Waals surface area contributed by atoms with Crippen LogP contribution in [0.25, 0.3) is 0 Å². The van der Waals surface area contributed by atoms with Crippen LogP contribution < -0.4 is 15.8 Å². The maximum atomic E-state index is 12.2. The smallest absolute Gasteiger partial charge is 0.258 e. The van der Waals surface area contributed by atoms with E-state index in [4.69, 9.17) is 22.1 Å². The van der Waals surface area contributed by atoms with Crippen LogP contribution in [0.3, 0.4) is 0 Å². The second-order valence-electron chi connectivity index (χ2n) is 6.52. The van der Waals surface area contributed by atoms with Gasteiger partial charge in [0.05, 0.1) is 0 Å². The quantitative estimate of drug-likeness (QED) is 0.868. The van der Waals surface area contributed by atoms with Crippen molar-refractivity contribution < 1.29 is 9.53 Å². The zero-order chi connectivity index (χ0) is 15.5. The molecule has 0 aliphatic heterocycles. The molecule has 2 fully saturated rings. The number of nitrogens with one attached hydrogen (secondary N) is 1. The molecule has 3 N–H and O–H groups in total. The standard InChI is InChI=1S/C17H23ClN2O2.ClH/c18-13-5-2-6-15(9-13)22-10-16(21)20-17-11-3-1-4-12(17)8-14(19)7-11;/h2,5-6,9,11-12,14,17H,1,3-4,7-8,10,19H2,(H,20,21);1H. The SMILES string of the molecule is Cl.NC1CC2CCCC(C1)C2NC(=O)COc1cccc(Cl)c1. The van der Waals surface area contributed by atoms with Crippen LogP contribution in [0.5, 0.6) is 5.75 Å². The first-order valence-corrected chi connectivity index (χ1v) is 8.43. The molecule has 2 aliphatic rings. The largest absolute Gasteiger partial charge is 0.484 e. The highest BCUT2D eigenvalue weighted by Gasteiger charge is 2.39. The molecule has 0 spiro atoms. The Morgan fingerprint density at radius 2 is 2.00 bits per heavy atom. The molecule has 2 bridgehead atoms. The first-order valence-electron chi connectivity index (χ1n) is 8.05. The van der Waals surface area contributed by atoms with Gasteiger partial charge in [0, 0.05) is 17.1 Å². The Balaban J connectivity index is 0.00000192. The number of hydrogen-bond donors (Lipinski definition) is 2. The third kappa shape index (κ3) is 4.75. The van der Waals surface area contributed by atoms with Gasteiger partial charge in [0.25, 0.3) is 5.91 Å². The minimum absolute atomic E-state index is 0. The predicted octanol–water partition coefficient (Wildman–Crippen LogP) is 3.16. The lowest BCUT2D eigenvalue weighted by Gasteiger charge is -2.45. The Kier molecular flexibility index (Phi) is 6.57. The van der Waals surface area contributed by atoms with E-state index in [2.05, 4.69) is 5.32 Å². The first kappa shape index (κ1) is 18.4. The Morgan fingerprint density at radius 1 is 1.30 bits per heavy atom. The van der Waals surface area contributed by atoms with Crippen molar-refractivity contribution in [3.05, 3.63) is 29.3 Å². The molecule has 0 radical (unpaired) electrons. The van der Waals surface area contributed by atoms with Crippen molar-refractivity contribution in [3.63, 3.8) is 0 Å². The number of benzene rings is 1. The van der Waals surface area contributed by atoms with Crippen molar-refractivity contribution in [2.45, 2.75) is 44.2 Å². The molecule has 1 aromatic carbocycles. The highest BCUT2D eigenvalue weighted by molar-refractivity contribution is 6.30. The van der Waals surface area contributed by atoms with Crippen molar-refractivity contribution >= 4 is 29.9 Å². The van der Waals surface area contributed by atoms with E-state index in [0.29, 0.717) is 28.6 Å². The zero-order valence-electron chi connectivity index (χ0n) is 13.0. The van der Waals surface area contributed by atoms with E-state index in [1.807, 2.05) is 6.07 Å². The van der Waals surface area contributed by atoms with Gasteiger partial charge in [-0.05, 0) is 55.7 Å². The van der Waals surface area contributed by atoms with Crippen LogP contribution in [0.15, 0.2) is 24.3 Å². The number of carbonyl (C=O) groups excluding carboxylic acids is 1. The van der Waals surface area contributed by atoms with Gasteiger partial charge >= 0.3 is 0 Å². The number of hydrogen-bond acceptors (Lipinski definition) is 3. The summed E-state index contributed by atoms with van der Waals surface area (Å²) in [6.45, 7) is 0.0301. The van der Waals surface area contributed by atoms with Crippen LogP contribution in [0.4, 0.5) is 0 Å². The van der Waals surface area contributed by atoms with Gasteiger partial charge in [0.1, 0.15) is 5.75 Å². The van der Waals surface area contributed by atoms with Gasteiger partial charge in [-0.15, -0.1) is 12.4 Å². The summed E-state index contributed by atoms with van der Waals surface area (Å²) >= 11 is 5.90. The van der Waals surface area contributed by atoms with Gasteiger partial charge in [0.2, 0.25) is 0 Å². The predicted molar refractivity (Wildman–Crippen MR) is 94.2 cm³/mol. The molecule has 23 heavy (non-hydrogen) atoms. The lowest BCUT2D eigenvalue weighted by atomic mass is 9.67. The maximum absolute atomic E-state index is 12.2. The van der Waals surface area contributed by atoms with Crippen LogP contribution in [0.1, 0.15) is 32.1 Å². The van der Waals surface area contributed by atoms with Crippen LogP contribution in [0, 0.1) is 11.8 Å². The molecule has 2 atom stereocenters. The first-order chi connectivity index (χ1) is 10.6. The number of ether oxygens (including phenoxy) is 1. The molecule has 0 saturated heterocycles. The van der Waals surface area contributed by atoms with Crippen LogP contribution in [-0.2, 0) is 4.79 Å². The van der Waals surface area contributed by atoms with E-state index in [-0.39, 0.29) is 31.0 Å². The van der Waals surface area contributed by atoms with E-state index in [1.54, 1.807) is 18.2 Å². The number of nitrogens with two attached hydrogens (primary N) is 1. The fourth-order valence-corrected chi connectivity index (χ4v) is 4.14. The Morgan fingerprint density at radius 3 is 2.65 bits per heavy atom. The van der Waals surface area contributed by atoms with Crippen LogP contribution in [-0.4, -0.2) is 24.6 Å². The average molecular weight is 359 g/mol. The molecule has 2 aliphatic carbocycles. The molecule has 6 heteroatoms. The molecule has 1 aromatic rings. The van der Waals surface area contributed by atoms with Gasteiger partial charge in [0.15, 0.2) is 6.61 Å². The number of rotatable bonds is 4. The minimum Gasteiger partial charge on any atom is -0.484 e. The summed E-state index contributed by atoms with van der Waals surface area (Å²) in [5.74, 6) is 1.61. The molecule has 0 aromatic heterocycles. The second kappa shape index (κ2) is 8.22. The van der Waals surface area contributed by atoms with E-state index >= 15 is 0 Å². The van der Waals surface area contributed by atoms with E-state index in [0.717, 1.165) is 12.8 Å². The van der Waals surface area contributed by atoms with Gasteiger partial charge < -0.3 is 15.8 Å². The Hall–Kier alpha value is -0.970. The molecule has 3 rings (SSSR count). The van der Waals surface area contributed by atoms with Crippen LogP contribution >= 0.6 is 24.0 Å². The lowest BCUT2D eigenvalue weighted by molar-refractivity contribution is -0.125. The van der Waals surface area contributed by atoms with Gasteiger partial charge in [-0.3, -0.25) is 4.79 Å². The normalized spacial score (nSPS) is 29.3. The zero-order valence-corrected chi connectivity index (χ0v) is 14.6. The summed E-state index contributed by atoms with van der Waals surface area (Å²) in [7, 11) is 0. The topological polar surface area (TPSA) is 64.3 Å². The van der Waals surface area contributed by atoms with Crippen molar-refractivity contribution in [1.29, 1.82) is 0 Å². The lowest BCUT2D eigenvalue weighted by Crippen LogP contribution is -2.54. The highest BCUT2D eigenvalue weighted by Crippen LogP contribution is 2.39. The number of carbonyl (C=O) groups is 1. The minimum atomic E-state index is -0.0580. The van der Waals surface area contributed by atoms with E-state index in [1.165, 1.54) is 19.3 Å². The fourth-order valence-electron chi connectivity index (χ4n) is 3.96. The molecular formula is C17H24Cl2N2O2. The van der Waals surface area contributed by atoms with Gasteiger partial charge in [-0.2, -0.15) is 0 Å². The summed E-state index contributed by atoms with van der Waals surface area (Å²) in [5.41, 5.74) is 6.12. The highest BCUT2D eigenvalue weighted by atomic mass is 35.5. The molecule has 0 heterocycles. The Bertz CT molecular complexity index is 527. The van der Waals surface area contributed by atoms with Crippen molar-refractivity contribution in [1.82, 2.24) is 5.32 Å². The second-order valence-corrected chi connectivity index (χ2v) is 6.96. The van der Waals surface area contributed by atoms with Gasteiger partial charge in [-0.25, -0.2) is 0 Å². The van der Waals surface area contributed by atoms with Crippen LogP contribution in [0.2, 0.25) is 5.02 Å². The maximum Gasteiger partial charge on any atom is 0.258 e. The fraction of sp³-hybridized carbons (Fsp3) is 0.588. The average Bonchev–Trinajstić information content (AvgIpc) is 2.46. The van der Waals surface area contributed by atoms with Crippen molar-refractivity contribution in [2.24, 2.45) is 17.6 Å².